The molecule has 0 fully saturated rings. The fraction of sp³-hybridized carbons (Fsp3) is 0.143. The molecule has 0 unspecified atom stereocenters. The lowest BCUT2D eigenvalue weighted by atomic mass is 10.1. The van der Waals surface area contributed by atoms with Crippen LogP contribution in [0.15, 0.2) is 52.5 Å². The number of halogens is 1. The third-order valence-electron chi connectivity index (χ3n) is 3.35. The Morgan fingerprint density at radius 3 is 2.78 bits per heavy atom. The van der Waals surface area contributed by atoms with Crippen molar-refractivity contribution in [2.45, 2.75) is 6.92 Å². The standard InChI is InChI=1S/C21H17BrN2O3/c1-3-10-27-20-9-8-15(12-19(20)22)11-16(14-23)21(25)24-17-6-5-7-18(13-17)26-4-2/h1,5-9,11-13H,4,10H2,2H3,(H,24,25)/b16-11-. The maximum absolute atomic E-state index is 12.4. The van der Waals surface area contributed by atoms with Crippen molar-refractivity contribution in [3.63, 3.8) is 0 Å². The summed E-state index contributed by atoms with van der Waals surface area (Å²) in [7, 11) is 0. The van der Waals surface area contributed by atoms with E-state index in [0.29, 0.717) is 33.8 Å². The van der Waals surface area contributed by atoms with E-state index in [2.05, 4.69) is 27.2 Å². The maximum atomic E-state index is 12.4. The molecule has 0 aliphatic carbocycles. The molecule has 0 saturated carbocycles. The smallest absolute Gasteiger partial charge is 0.266 e. The predicted octanol–water partition coefficient (Wildman–Crippen LogP) is 4.41. The van der Waals surface area contributed by atoms with E-state index in [-0.39, 0.29) is 12.2 Å². The van der Waals surface area contributed by atoms with Crippen LogP contribution >= 0.6 is 15.9 Å². The zero-order chi connectivity index (χ0) is 19.6. The van der Waals surface area contributed by atoms with Crippen molar-refractivity contribution in [1.82, 2.24) is 0 Å². The summed E-state index contributed by atoms with van der Waals surface area (Å²) in [6.45, 7) is 2.56. The maximum Gasteiger partial charge on any atom is 0.266 e. The number of rotatable bonds is 7. The molecule has 0 spiro atoms. The quantitative estimate of drug-likeness (QED) is 0.406. The second-order valence-corrected chi connectivity index (χ2v) is 6.12. The lowest BCUT2D eigenvalue weighted by molar-refractivity contribution is -0.112. The molecule has 0 heterocycles. The molecule has 0 bridgehead atoms. The fourth-order valence-corrected chi connectivity index (χ4v) is 2.70. The average molecular weight is 425 g/mol. The molecule has 1 amide bonds. The SMILES string of the molecule is C#CCOc1ccc(/C=C(/C#N)C(=O)Nc2cccc(OCC)c2)cc1Br. The van der Waals surface area contributed by atoms with Gasteiger partial charge in [-0.3, -0.25) is 4.79 Å². The molecule has 0 radical (unpaired) electrons. The number of hydrogen-bond acceptors (Lipinski definition) is 4. The van der Waals surface area contributed by atoms with E-state index in [0.717, 1.165) is 0 Å². The van der Waals surface area contributed by atoms with E-state index in [1.165, 1.54) is 6.08 Å². The highest BCUT2D eigenvalue weighted by Gasteiger charge is 2.11. The first-order valence-electron chi connectivity index (χ1n) is 8.09. The molecule has 0 aromatic heterocycles. The average Bonchev–Trinajstić information content (AvgIpc) is 2.66. The van der Waals surface area contributed by atoms with Gasteiger partial charge in [-0.15, -0.1) is 6.42 Å². The number of terminal acetylenes is 1. The Morgan fingerprint density at radius 2 is 2.11 bits per heavy atom. The number of anilines is 1. The minimum atomic E-state index is -0.505. The molecule has 0 atom stereocenters. The van der Waals surface area contributed by atoms with Crippen molar-refractivity contribution in [3.8, 4) is 29.9 Å². The molecule has 136 valence electrons. The Hall–Kier alpha value is -3.22. The van der Waals surface area contributed by atoms with Gasteiger partial charge >= 0.3 is 0 Å². The Balaban J connectivity index is 2.17. The van der Waals surface area contributed by atoms with Crippen LogP contribution in [-0.4, -0.2) is 19.1 Å². The summed E-state index contributed by atoms with van der Waals surface area (Å²) in [5.41, 5.74) is 1.19. The van der Waals surface area contributed by atoms with E-state index >= 15 is 0 Å². The lowest BCUT2D eigenvalue weighted by Crippen LogP contribution is -2.13. The summed E-state index contributed by atoms with van der Waals surface area (Å²) in [6.07, 6.45) is 6.67. The molecule has 5 nitrogen and oxygen atoms in total. The summed E-state index contributed by atoms with van der Waals surface area (Å²) in [5.74, 6) is 3.11. The van der Waals surface area contributed by atoms with Gasteiger partial charge in [0.25, 0.3) is 5.91 Å². The number of carbonyl (C=O) groups is 1. The summed E-state index contributed by atoms with van der Waals surface area (Å²) in [4.78, 5) is 12.4. The predicted molar refractivity (Wildman–Crippen MR) is 108 cm³/mol. The number of nitriles is 1. The Kier molecular flexibility index (Phi) is 7.49. The van der Waals surface area contributed by atoms with Crippen molar-refractivity contribution in [2.24, 2.45) is 0 Å². The van der Waals surface area contributed by atoms with Gasteiger partial charge in [0, 0.05) is 11.8 Å². The van der Waals surface area contributed by atoms with Crippen molar-refractivity contribution in [1.29, 1.82) is 5.26 Å². The molecule has 0 aliphatic rings. The third kappa shape index (κ3) is 5.91. The number of hydrogen-bond donors (Lipinski definition) is 1. The number of nitrogens with one attached hydrogen (secondary N) is 1. The van der Waals surface area contributed by atoms with E-state index in [1.54, 1.807) is 42.5 Å². The van der Waals surface area contributed by atoms with Crippen LogP contribution in [0.3, 0.4) is 0 Å². The minimum absolute atomic E-state index is 0.0268. The Morgan fingerprint density at radius 1 is 1.30 bits per heavy atom. The molecule has 0 aliphatic heterocycles. The first-order chi connectivity index (χ1) is 13.1. The van der Waals surface area contributed by atoms with Gasteiger partial charge in [-0.2, -0.15) is 5.26 Å². The minimum Gasteiger partial charge on any atom is -0.494 e. The molecular formula is C21H17BrN2O3. The zero-order valence-corrected chi connectivity index (χ0v) is 16.2. The molecule has 27 heavy (non-hydrogen) atoms. The Bertz CT molecular complexity index is 939. The van der Waals surface area contributed by atoms with Crippen LogP contribution in [0.4, 0.5) is 5.69 Å². The van der Waals surface area contributed by atoms with Gasteiger partial charge in [-0.25, -0.2) is 0 Å². The first kappa shape index (κ1) is 20.1. The lowest BCUT2D eigenvalue weighted by Gasteiger charge is -2.08. The number of nitrogens with zero attached hydrogens (tertiary/aromatic N) is 1. The number of carbonyl (C=O) groups excluding carboxylic acids is 1. The summed E-state index contributed by atoms with van der Waals surface area (Å²) < 4.78 is 11.4. The van der Waals surface area contributed by atoms with E-state index in [1.807, 2.05) is 13.0 Å². The van der Waals surface area contributed by atoms with Crippen molar-refractivity contribution in [3.05, 3.63) is 58.1 Å². The molecule has 6 heteroatoms. The second kappa shape index (κ2) is 10.1. The number of amides is 1. The normalized spacial score (nSPS) is 10.4. The van der Waals surface area contributed by atoms with Crippen molar-refractivity contribution >= 4 is 33.6 Å². The highest BCUT2D eigenvalue weighted by molar-refractivity contribution is 9.10. The van der Waals surface area contributed by atoms with Crippen LogP contribution in [0.25, 0.3) is 6.08 Å². The first-order valence-corrected chi connectivity index (χ1v) is 8.88. The van der Waals surface area contributed by atoms with Gasteiger partial charge in [0.1, 0.15) is 29.7 Å². The molecule has 0 saturated heterocycles. The van der Waals surface area contributed by atoms with Crippen LogP contribution in [0.1, 0.15) is 12.5 Å². The zero-order valence-electron chi connectivity index (χ0n) is 14.7. The monoisotopic (exact) mass is 424 g/mol. The largest absolute Gasteiger partial charge is 0.494 e. The molecular weight excluding hydrogens is 408 g/mol. The van der Waals surface area contributed by atoms with Gasteiger partial charge in [-0.1, -0.05) is 18.1 Å². The Labute approximate surface area is 166 Å². The highest BCUT2D eigenvalue weighted by atomic mass is 79.9. The third-order valence-corrected chi connectivity index (χ3v) is 3.97. The van der Waals surface area contributed by atoms with Crippen LogP contribution in [0, 0.1) is 23.7 Å². The second-order valence-electron chi connectivity index (χ2n) is 5.27. The fourth-order valence-electron chi connectivity index (χ4n) is 2.19. The number of ether oxygens (including phenoxy) is 2. The van der Waals surface area contributed by atoms with Crippen molar-refractivity contribution < 1.29 is 14.3 Å². The topological polar surface area (TPSA) is 71.3 Å². The van der Waals surface area contributed by atoms with Gasteiger partial charge in [0.15, 0.2) is 0 Å². The summed E-state index contributed by atoms with van der Waals surface area (Å²) >= 11 is 3.38. The van der Waals surface area contributed by atoms with Crippen LogP contribution in [0.5, 0.6) is 11.5 Å². The molecule has 2 aromatic rings. The molecule has 1 N–H and O–H groups in total. The van der Waals surface area contributed by atoms with E-state index in [4.69, 9.17) is 15.9 Å². The van der Waals surface area contributed by atoms with Gasteiger partial charge in [0.05, 0.1) is 11.1 Å². The van der Waals surface area contributed by atoms with Crippen molar-refractivity contribution in [2.75, 3.05) is 18.5 Å². The molecule has 2 rings (SSSR count). The number of benzene rings is 2. The van der Waals surface area contributed by atoms with Gasteiger partial charge < -0.3 is 14.8 Å². The van der Waals surface area contributed by atoms with Crippen LogP contribution in [0.2, 0.25) is 0 Å². The van der Waals surface area contributed by atoms with Gasteiger partial charge in [-0.05, 0) is 58.8 Å². The summed E-state index contributed by atoms with van der Waals surface area (Å²) in [5, 5.41) is 12.0. The summed E-state index contributed by atoms with van der Waals surface area (Å²) in [6, 6.07) is 14.1. The van der Waals surface area contributed by atoms with E-state index < -0.39 is 5.91 Å². The van der Waals surface area contributed by atoms with E-state index in [9.17, 15) is 10.1 Å². The highest BCUT2D eigenvalue weighted by Crippen LogP contribution is 2.27. The van der Waals surface area contributed by atoms with Crippen LogP contribution in [-0.2, 0) is 4.79 Å². The van der Waals surface area contributed by atoms with Gasteiger partial charge in [0.2, 0.25) is 0 Å². The molecule has 2 aromatic carbocycles. The van der Waals surface area contributed by atoms with Crippen LogP contribution < -0.4 is 14.8 Å².